The molecule has 0 aromatic rings. The molecule has 78 valence electrons. The number of aliphatic imine (C=N–C) groups is 2. The minimum absolute atomic E-state index is 0.254. The molecular formula is C10H10FN3O. The average molecular weight is 207 g/mol. The maximum absolute atomic E-state index is 12.9. The van der Waals surface area contributed by atoms with Gasteiger partial charge in [0.05, 0.1) is 17.8 Å². The summed E-state index contributed by atoms with van der Waals surface area (Å²) in [5.41, 5.74) is 0.749. The lowest BCUT2D eigenvalue weighted by molar-refractivity contribution is -0.114. The molecule has 0 bridgehead atoms. The summed E-state index contributed by atoms with van der Waals surface area (Å²) in [5, 5.41) is 2.85. The molecule has 5 heteroatoms. The highest BCUT2D eigenvalue weighted by molar-refractivity contribution is 6.33. The molecule has 2 aliphatic rings. The van der Waals surface area contributed by atoms with Gasteiger partial charge in [0, 0.05) is 0 Å². The second kappa shape index (κ2) is 3.86. The second-order valence-electron chi connectivity index (χ2n) is 3.24. The van der Waals surface area contributed by atoms with Crippen LogP contribution in [0.3, 0.4) is 0 Å². The van der Waals surface area contributed by atoms with Crippen molar-refractivity contribution in [2.24, 2.45) is 9.98 Å². The maximum atomic E-state index is 12.9. The van der Waals surface area contributed by atoms with Crippen molar-refractivity contribution in [1.29, 1.82) is 0 Å². The van der Waals surface area contributed by atoms with Crippen LogP contribution in [0.5, 0.6) is 0 Å². The van der Waals surface area contributed by atoms with Gasteiger partial charge in [-0.15, -0.1) is 0 Å². The van der Waals surface area contributed by atoms with Gasteiger partial charge in [-0.2, -0.15) is 4.99 Å². The van der Waals surface area contributed by atoms with Crippen molar-refractivity contribution in [3.63, 3.8) is 0 Å². The number of rotatable bonds is 2. The van der Waals surface area contributed by atoms with Crippen LogP contribution < -0.4 is 5.32 Å². The van der Waals surface area contributed by atoms with Crippen LogP contribution in [0.15, 0.2) is 33.8 Å². The quantitative estimate of drug-likeness (QED) is 0.713. The highest BCUT2D eigenvalue weighted by Gasteiger charge is 2.23. The zero-order valence-electron chi connectivity index (χ0n) is 8.20. The van der Waals surface area contributed by atoms with Gasteiger partial charge in [-0.3, -0.25) is 4.79 Å². The number of fused-ring (bicyclic) bond motifs is 1. The summed E-state index contributed by atoms with van der Waals surface area (Å²) in [6.07, 6.45) is 2.89. The van der Waals surface area contributed by atoms with Crippen molar-refractivity contribution in [2.45, 2.75) is 6.17 Å². The molecule has 1 amide bonds. The monoisotopic (exact) mass is 207 g/mol. The standard InChI is InChI=1S/C10H10FN3O/c1-12-5-9-13-8-3-2-6(11)4-7(8)10(15)14-9/h2-4,6,12H,5H2,1H3. The van der Waals surface area contributed by atoms with Crippen molar-refractivity contribution in [3.05, 3.63) is 23.8 Å². The first-order chi connectivity index (χ1) is 7.20. The molecule has 4 nitrogen and oxygen atoms in total. The minimum atomic E-state index is -1.22. The molecular weight excluding hydrogens is 197 g/mol. The molecule has 0 saturated heterocycles. The van der Waals surface area contributed by atoms with Gasteiger partial charge in [0.1, 0.15) is 12.0 Å². The SMILES string of the molecule is CNCC1=NC(=O)C2=CC(F)C=CC2=N1. The van der Waals surface area contributed by atoms with E-state index in [1.54, 1.807) is 7.05 Å². The van der Waals surface area contributed by atoms with Crippen LogP contribution in [-0.2, 0) is 4.79 Å². The predicted molar refractivity (Wildman–Crippen MR) is 55.9 cm³/mol. The molecule has 1 atom stereocenters. The Kier molecular flexibility index (Phi) is 2.55. The van der Waals surface area contributed by atoms with Crippen molar-refractivity contribution in [1.82, 2.24) is 5.32 Å². The number of likely N-dealkylation sites (N-methyl/N-ethyl adjacent to an activating group) is 1. The fourth-order valence-electron chi connectivity index (χ4n) is 1.43. The Morgan fingerprint density at radius 3 is 3.07 bits per heavy atom. The Morgan fingerprint density at radius 2 is 2.33 bits per heavy atom. The summed E-state index contributed by atoms with van der Waals surface area (Å²) in [7, 11) is 1.74. The van der Waals surface area contributed by atoms with E-state index in [0.29, 0.717) is 18.1 Å². The number of hydrogen-bond donors (Lipinski definition) is 1. The van der Waals surface area contributed by atoms with E-state index in [1.165, 1.54) is 18.2 Å². The number of halogens is 1. The van der Waals surface area contributed by atoms with Gasteiger partial charge in [-0.05, 0) is 25.3 Å². The molecule has 1 aliphatic heterocycles. The summed E-state index contributed by atoms with van der Waals surface area (Å²) >= 11 is 0. The lowest BCUT2D eigenvalue weighted by Crippen LogP contribution is -2.27. The molecule has 0 aromatic heterocycles. The Hall–Kier alpha value is -1.62. The second-order valence-corrected chi connectivity index (χ2v) is 3.24. The Balaban J connectivity index is 2.33. The largest absolute Gasteiger partial charge is 0.313 e. The van der Waals surface area contributed by atoms with Crippen LogP contribution in [0, 0.1) is 0 Å². The van der Waals surface area contributed by atoms with Crippen LogP contribution >= 0.6 is 0 Å². The first-order valence-corrected chi connectivity index (χ1v) is 4.60. The minimum Gasteiger partial charge on any atom is -0.313 e. The first-order valence-electron chi connectivity index (χ1n) is 4.60. The van der Waals surface area contributed by atoms with Gasteiger partial charge in [0.25, 0.3) is 5.91 Å². The van der Waals surface area contributed by atoms with Crippen LogP contribution in [0.1, 0.15) is 0 Å². The summed E-state index contributed by atoms with van der Waals surface area (Å²) in [6, 6.07) is 0. The van der Waals surface area contributed by atoms with E-state index in [-0.39, 0.29) is 5.57 Å². The molecule has 2 rings (SSSR count). The summed E-state index contributed by atoms with van der Waals surface area (Å²) < 4.78 is 12.9. The maximum Gasteiger partial charge on any atom is 0.280 e. The third kappa shape index (κ3) is 1.92. The fraction of sp³-hybridized carbons (Fsp3) is 0.300. The van der Waals surface area contributed by atoms with Gasteiger partial charge in [-0.1, -0.05) is 0 Å². The third-order valence-electron chi connectivity index (χ3n) is 2.09. The summed E-state index contributed by atoms with van der Waals surface area (Å²) in [5.74, 6) is 0.00820. The molecule has 1 unspecified atom stereocenters. The van der Waals surface area contributed by atoms with E-state index >= 15 is 0 Å². The highest BCUT2D eigenvalue weighted by Crippen LogP contribution is 2.16. The molecule has 0 aromatic carbocycles. The number of nitrogens with one attached hydrogen (secondary N) is 1. The Bertz CT molecular complexity index is 420. The van der Waals surface area contributed by atoms with Crippen LogP contribution in [0.4, 0.5) is 4.39 Å². The number of carbonyl (C=O) groups is 1. The fourth-order valence-corrected chi connectivity index (χ4v) is 1.43. The van der Waals surface area contributed by atoms with E-state index in [4.69, 9.17) is 0 Å². The van der Waals surface area contributed by atoms with E-state index in [2.05, 4.69) is 15.3 Å². The average Bonchev–Trinajstić information content (AvgIpc) is 2.20. The number of allylic oxidation sites excluding steroid dienone is 3. The number of amides is 1. The van der Waals surface area contributed by atoms with Gasteiger partial charge in [-0.25, -0.2) is 9.38 Å². The van der Waals surface area contributed by atoms with Crippen molar-refractivity contribution in [2.75, 3.05) is 13.6 Å². The van der Waals surface area contributed by atoms with Gasteiger partial charge < -0.3 is 5.32 Å². The topological polar surface area (TPSA) is 53.8 Å². The van der Waals surface area contributed by atoms with Crippen molar-refractivity contribution >= 4 is 17.5 Å². The molecule has 15 heavy (non-hydrogen) atoms. The lowest BCUT2D eigenvalue weighted by atomic mass is 10.0. The predicted octanol–water partition coefficient (Wildman–Crippen LogP) is 0.420. The molecule has 0 radical (unpaired) electrons. The van der Waals surface area contributed by atoms with Gasteiger partial charge in [0.15, 0.2) is 0 Å². The van der Waals surface area contributed by atoms with E-state index in [9.17, 15) is 9.18 Å². The van der Waals surface area contributed by atoms with Crippen LogP contribution in [0.25, 0.3) is 0 Å². The van der Waals surface area contributed by atoms with E-state index in [1.807, 2.05) is 0 Å². The van der Waals surface area contributed by atoms with E-state index in [0.717, 1.165) is 0 Å². The van der Waals surface area contributed by atoms with Crippen molar-refractivity contribution < 1.29 is 9.18 Å². The molecule has 1 heterocycles. The third-order valence-corrected chi connectivity index (χ3v) is 2.09. The summed E-state index contributed by atoms with van der Waals surface area (Å²) in [6.45, 7) is 0.426. The van der Waals surface area contributed by atoms with Gasteiger partial charge in [0.2, 0.25) is 0 Å². The lowest BCUT2D eigenvalue weighted by Gasteiger charge is -2.15. The number of alkyl halides is 1. The van der Waals surface area contributed by atoms with Crippen LogP contribution in [-0.4, -0.2) is 37.2 Å². The number of hydrogen-bond acceptors (Lipinski definition) is 3. The zero-order chi connectivity index (χ0) is 10.8. The smallest absolute Gasteiger partial charge is 0.280 e. The normalized spacial score (nSPS) is 24.3. The number of carbonyl (C=O) groups excluding carboxylic acids is 1. The Morgan fingerprint density at radius 1 is 1.53 bits per heavy atom. The number of nitrogens with zero attached hydrogens (tertiary/aromatic N) is 2. The van der Waals surface area contributed by atoms with Gasteiger partial charge >= 0.3 is 0 Å². The van der Waals surface area contributed by atoms with Crippen molar-refractivity contribution in [3.8, 4) is 0 Å². The Labute approximate surface area is 86.3 Å². The molecule has 0 saturated carbocycles. The van der Waals surface area contributed by atoms with E-state index < -0.39 is 12.1 Å². The molecule has 1 aliphatic carbocycles. The first kappa shape index (κ1) is 9.92. The summed E-state index contributed by atoms with van der Waals surface area (Å²) in [4.78, 5) is 19.4. The zero-order valence-corrected chi connectivity index (χ0v) is 8.20. The van der Waals surface area contributed by atoms with Crippen LogP contribution in [0.2, 0.25) is 0 Å². The molecule has 0 fully saturated rings. The molecule has 0 spiro atoms. The molecule has 1 N–H and O–H groups in total. The highest BCUT2D eigenvalue weighted by atomic mass is 19.1. The number of amidine groups is 1.